The number of aryl methyl sites for hydroxylation is 5. The molecule has 4 aromatic rings. The van der Waals surface area contributed by atoms with Gasteiger partial charge in [0.2, 0.25) is 0 Å². The van der Waals surface area contributed by atoms with Crippen LogP contribution in [0.15, 0.2) is 91.0 Å². The lowest BCUT2D eigenvalue weighted by molar-refractivity contribution is 1.38. The lowest BCUT2D eigenvalue weighted by Gasteiger charge is -2.06. The van der Waals surface area contributed by atoms with E-state index in [4.69, 9.17) is 0 Å². The molecule has 29 heavy (non-hydrogen) atoms. The Kier molecular flexibility index (Phi) is 6.67. The Balaban J connectivity index is 0.000000166. The predicted octanol–water partition coefficient (Wildman–Crippen LogP) is 8.25. The van der Waals surface area contributed by atoms with E-state index in [9.17, 15) is 0 Å². The summed E-state index contributed by atoms with van der Waals surface area (Å²) in [7, 11) is 0. The van der Waals surface area contributed by atoms with Gasteiger partial charge in [-0.15, -0.1) is 0 Å². The average Bonchev–Trinajstić information content (AvgIpc) is 2.68. The van der Waals surface area contributed by atoms with Crippen molar-refractivity contribution in [1.82, 2.24) is 0 Å². The zero-order valence-corrected chi connectivity index (χ0v) is 18.2. The molecular weight excluding hydrogens is 348 g/mol. The van der Waals surface area contributed by atoms with Gasteiger partial charge >= 0.3 is 0 Å². The maximum atomic E-state index is 2.24. The fraction of sp³-hybridized carbons (Fsp3) is 0.172. The van der Waals surface area contributed by atoms with E-state index in [2.05, 4.69) is 126 Å². The third-order valence-corrected chi connectivity index (χ3v) is 5.05. The van der Waals surface area contributed by atoms with E-state index in [1.165, 1.54) is 50.1 Å². The van der Waals surface area contributed by atoms with E-state index in [0.717, 1.165) is 0 Å². The molecule has 0 spiro atoms. The molecule has 0 radical (unpaired) electrons. The Morgan fingerprint density at radius 1 is 0.379 bits per heavy atom. The van der Waals surface area contributed by atoms with Gasteiger partial charge in [0.1, 0.15) is 0 Å². The summed E-state index contributed by atoms with van der Waals surface area (Å²) in [6, 6.07) is 32.4. The highest BCUT2D eigenvalue weighted by Crippen LogP contribution is 2.24. The van der Waals surface area contributed by atoms with Crippen molar-refractivity contribution in [1.29, 1.82) is 0 Å². The van der Waals surface area contributed by atoms with E-state index < -0.39 is 0 Å². The highest BCUT2D eigenvalue weighted by molar-refractivity contribution is 5.67. The van der Waals surface area contributed by atoms with Gasteiger partial charge in [0.05, 0.1) is 0 Å². The summed E-state index contributed by atoms with van der Waals surface area (Å²) in [4.78, 5) is 0. The Hall–Kier alpha value is -3.12. The van der Waals surface area contributed by atoms with Gasteiger partial charge < -0.3 is 0 Å². The van der Waals surface area contributed by atoms with E-state index in [0.29, 0.717) is 0 Å². The maximum absolute atomic E-state index is 2.24. The van der Waals surface area contributed by atoms with Gasteiger partial charge in [-0.3, -0.25) is 0 Å². The molecule has 0 aliphatic rings. The first-order valence-electron chi connectivity index (χ1n) is 10.2. The van der Waals surface area contributed by atoms with Gasteiger partial charge in [-0.2, -0.15) is 0 Å². The summed E-state index contributed by atoms with van der Waals surface area (Å²) >= 11 is 0. The lowest BCUT2D eigenvalue weighted by Crippen LogP contribution is -1.83. The summed E-state index contributed by atoms with van der Waals surface area (Å²) in [5.74, 6) is 0. The molecule has 0 heteroatoms. The minimum absolute atomic E-state index is 1.31. The first-order chi connectivity index (χ1) is 13.9. The van der Waals surface area contributed by atoms with Gasteiger partial charge in [-0.1, -0.05) is 113 Å². The molecule has 0 bridgehead atoms. The van der Waals surface area contributed by atoms with Crippen LogP contribution >= 0.6 is 0 Å². The van der Waals surface area contributed by atoms with Crippen LogP contribution in [0.1, 0.15) is 27.8 Å². The quantitative estimate of drug-likeness (QED) is 0.329. The molecule has 0 heterocycles. The van der Waals surface area contributed by atoms with Crippen molar-refractivity contribution in [3.05, 3.63) is 119 Å². The molecule has 0 amide bonds. The number of rotatable bonds is 2. The molecule has 0 aromatic heterocycles. The summed E-state index contributed by atoms with van der Waals surface area (Å²) in [6.07, 6.45) is 0. The van der Waals surface area contributed by atoms with Crippen molar-refractivity contribution >= 4 is 0 Å². The third-order valence-electron chi connectivity index (χ3n) is 5.05. The lowest BCUT2D eigenvalue weighted by atomic mass is 9.99. The second-order valence-electron chi connectivity index (χ2n) is 7.93. The summed E-state index contributed by atoms with van der Waals surface area (Å²) in [5.41, 5.74) is 11.9. The van der Waals surface area contributed by atoms with Crippen LogP contribution in [0.5, 0.6) is 0 Å². The van der Waals surface area contributed by atoms with Crippen molar-refractivity contribution in [3.8, 4) is 22.3 Å². The van der Waals surface area contributed by atoms with Crippen molar-refractivity contribution in [2.75, 3.05) is 0 Å². The fourth-order valence-electron chi connectivity index (χ4n) is 3.68. The summed E-state index contributed by atoms with van der Waals surface area (Å²) in [5, 5.41) is 0. The van der Waals surface area contributed by atoms with Crippen molar-refractivity contribution in [2.24, 2.45) is 0 Å². The molecule has 0 saturated carbocycles. The van der Waals surface area contributed by atoms with Crippen LogP contribution < -0.4 is 0 Å². The maximum Gasteiger partial charge on any atom is -0.0155 e. The van der Waals surface area contributed by atoms with Crippen molar-refractivity contribution < 1.29 is 0 Å². The first kappa shape index (κ1) is 20.6. The zero-order valence-electron chi connectivity index (χ0n) is 18.2. The summed E-state index contributed by atoms with van der Waals surface area (Å²) in [6.45, 7) is 10.7. The van der Waals surface area contributed by atoms with Gasteiger partial charge in [0.15, 0.2) is 0 Å². The van der Waals surface area contributed by atoms with Crippen LogP contribution in [0.4, 0.5) is 0 Å². The minimum Gasteiger partial charge on any atom is -0.0620 e. The molecule has 4 rings (SSSR count). The van der Waals surface area contributed by atoms with Crippen LogP contribution in [0.25, 0.3) is 22.3 Å². The molecule has 146 valence electrons. The van der Waals surface area contributed by atoms with Gasteiger partial charge in [-0.25, -0.2) is 0 Å². The van der Waals surface area contributed by atoms with E-state index in [-0.39, 0.29) is 0 Å². The molecule has 0 saturated heterocycles. The molecule has 0 N–H and O–H groups in total. The van der Waals surface area contributed by atoms with E-state index in [1.807, 2.05) is 0 Å². The number of hydrogen-bond donors (Lipinski definition) is 0. The summed E-state index contributed by atoms with van der Waals surface area (Å²) < 4.78 is 0. The number of benzene rings is 4. The Morgan fingerprint density at radius 2 is 0.897 bits per heavy atom. The molecule has 0 nitrogen and oxygen atoms in total. The second kappa shape index (κ2) is 9.39. The number of hydrogen-bond acceptors (Lipinski definition) is 0. The molecule has 0 unspecified atom stereocenters. The minimum atomic E-state index is 1.31. The van der Waals surface area contributed by atoms with Crippen LogP contribution in [0, 0.1) is 34.6 Å². The highest BCUT2D eigenvalue weighted by Gasteiger charge is 2.00. The first-order valence-corrected chi connectivity index (χ1v) is 10.2. The van der Waals surface area contributed by atoms with Gasteiger partial charge in [-0.05, 0) is 62.4 Å². The molecular formula is C29H30. The van der Waals surface area contributed by atoms with Gasteiger partial charge in [0, 0.05) is 0 Å². The van der Waals surface area contributed by atoms with Crippen LogP contribution in [-0.2, 0) is 0 Å². The molecule has 0 aliphatic heterocycles. The highest BCUT2D eigenvalue weighted by atomic mass is 14.1. The molecule has 0 fully saturated rings. The molecule has 0 aliphatic carbocycles. The average molecular weight is 379 g/mol. The Morgan fingerprint density at radius 3 is 1.48 bits per heavy atom. The normalized spacial score (nSPS) is 10.2. The SMILES string of the molecule is Cc1cccc(-c2cc(C)cc(C)c2)c1.Cc1cccc(-c2ccccc2C)c1. The Bertz CT molecular complexity index is 1080. The van der Waals surface area contributed by atoms with E-state index in [1.54, 1.807) is 0 Å². The van der Waals surface area contributed by atoms with E-state index >= 15 is 0 Å². The molecule has 4 aromatic carbocycles. The van der Waals surface area contributed by atoms with Crippen molar-refractivity contribution in [2.45, 2.75) is 34.6 Å². The second-order valence-corrected chi connectivity index (χ2v) is 7.93. The zero-order chi connectivity index (χ0) is 20.8. The fourth-order valence-corrected chi connectivity index (χ4v) is 3.68. The van der Waals surface area contributed by atoms with Crippen LogP contribution in [-0.4, -0.2) is 0 Å². The monoisotopic (exact) mass is 378 g/mol. The molecule has 0 atom stereocenters. The van der Waals surface area contributed by atoms with Crippen LogP contribution in [0.2, 0.25) is 0 Å². The predicted molar refractivity (Wildman–Crippen MR) is 127 cm³/mol. The largest absolute Gasteiger partial charge is 0.0620 e. The Labute approximate surface area is 175 Å². The van der Waals surface area contributed by atoms with Crippen LogP contribution in [0.3, 0.4) is 0 Å². The smallest absolute Gasteiger partial charge is 0.0155 e. The van der Waals surface area contributed by atoms with Crippen molar-refractivity contribution in [3.63, 3.8) is 0 Å². The van der Waals surface area contributed by atoms with Gasteiger partial charge in [0.25, 0.3) is 0 Å². The third kappa shape index (κ3) is 5.68. The standard InChI is InChI=1S/C15H16.C14H14/c1-11-5-4-6-14(8-11)15-9-12(2)7-13(3)10-15;1-11-6-5-8-13(10-11)14-9-4-3-7-12(14)2/h4-10H,1-3H3;3-10H,1-2H3. The topological polar surface area (TPSA) is 0 Å².